The highest BCUT2D eigenvalue weighted by Gasteiger charge is 2.24. The maximum absolute atomic E-state index is 9.90. The van der Waals surface area contributed by atoms with Gasteiger partial charge in [0, 0.05) is 12.1 Å². The third kappa shape index (κ3) is 3.98. The zero-order chi connectivity index (χ0) is 11.4. The number of hydrogen-bond acceptors (Lipinski definition) is 2. The van der Waals surface area contributed by atoms with Gasteiger partial charge in [0.1, 0.15) is 0 Å². The largest absolute Gasteiger partial charge is 0.392 e. The lowest BCUT2D eigenvalue weighted by Crippen LogP contribution is -2.43. The molecule has 2 nitrogen and oxygen atoms in total. The monoisotopic (exact) mass is 255 g/mol. The lowest BCUT2D eigenvalue weighted by atomic mass is 9.91. The van der Waals surface area contributed by atoms with Gasteiger partial charge in [-0.1, -0.05) is 43.2 Å². The lowest BCUT2D eigenvalue weighted by Gasteiger charge is -2.31. The van der Waals surface area contributed by atoms with E-state index < -0.39 is 0 Å². The van der Waals surface area contributed by atoms with E-state index in [4.69, 9.17) is 0 Å². The molecule has 17 heavy (non-hydrogen) atoms. The van der Waals surface area contributed by atoms with Gasteiger partial charge in [0.15, 0.2) is 0 Å². The van der Waals surface area contributed by atoms with Gasteiger partial charge in [0.05, 0.1) is 6.10 Å². The Balaban J connectivity index is 0.00000144. The summed E-state index contributed by atoms with van der Waals surface area (Å²) in [5.41, 5.74) is 1.29. The molecule has 1 aromatic rings. The summed E-state index contributed by atoms with van der Waals surface area (Å²) < 4.78 is 0. The molecule has 1 aliphatic carbocycles. The molecule has 0 saturated heterocycles. The van der Waals surface area contributed by atoms with Crippen LogP contribution in [0.3, 0.4) is 0 Å². The van der Waals surface area contributed by atoms with Gasteiger partial charge in [0.25, 0.3) is 0 Å². The van der Waals surface area contributed by atoms with E-state index in [9.17, 15) is 5.11 Å². The Hall–Kier alpha value is -0.570. The van der Waals surface area contributed by atoms with Gasteiger partial charge in [-0.25, -0.2) is 0 Å². The minimum atomic E-state index is -0.167. The molecule has 1 aliphatic rings. The van der Waals surface area contributed by atoms with Gasteiger partial charge in [-0.05, 0) is 25.3 Å². The van der Waals surface area contributed by atoms with Crippen molar-refractivity contribution in [1.29, 1.82) is 0 Å². The number of hydrogen-bond donors (Lipinski definition) is 2. The van der Waals surface area contributed by atoms with Gasteiger partial charge in [-0.15, -0.1) is 12.4 Å². The van der Waals surface area contributed by atoms with Crippen LogP contribution in [-0.2, 0) is 0 Å². The molecule has 0 spiro atoms. The van der Waals surface area contributed by atoms with Crippen LogP contribution in [-0.4, -0.2) is 17.3 Å². The molecule has 1 fully saturated rings. The summed E-state index contributed by atoms with van der Waals surface area (Å²) in [5.74, 6) is 0. The average Bonchev–Trinajstić information content (AvgIpc) is 2.33. The van der Waals surface area contributed by atoms with Gasteiger partial charge in [-0.2, -0.15) is 0 Å². The first-order valence-corrected chi connectivity index (χ1v) is 6.26. The van der Waals surface area contributed by atoms with Crippen LogP contribution in [0.2, 0.25) is 0 Å². The van der Waals surface area contributed by atoms with Crippen molar-refractivity contribution >= 4 is 12.4 Å². The molecule has 0 bridgehead atoms. The van der Waals surface area contributed by atoms with Crippen LogP contribution in [0, 0.1) is 0 Å². The van der Waals surface area contributed by atoms with Crippen molar-refractivity contribution in [2.45, 2.75) is 50.8 Å². The number of aliphatic hydroxyl groups is 1. The van der Waals surface area contributed by atoms with Crippen LogP contribution in [0.25, 0.3) is 0 Å². The topological polar surface area (TPSA) is 32.3 Å². The highest BCUT2D eigenvalue weighted by atomic mass is 35.5. The van der Waals surface area contributed by atoms with E-state index in [1.54, 1.807) is 0 Å². The summed E-state index contributed by atoms with van der Waals surface area (Å²) in [6.07, 6.45) is 4.27. The second-order valence-corrected chi connectivity index (χ2v) is 4.76. The van der Waals surface area contributed by atoms with E-state index in [0.717, 1.165) is 12.8 Å². The second kappa shape index (κ2) is 7.00. The quantitative estimate of drug-likeness (QED) is 0.870. The first-order valence-electron chi connectivity index (χ1n) is 6.26. The Labute approximate surface area is 110 Å². The molecule has 0 heterocycles. The van der Waals surface area contributed by atoms with Gasteiger partial charge in [-0.3, -0.25) is 0 Å². The molecule has 0 radical (unpaired) electrons. The Kier molecular flexibility index (Phi) is 5.96. The maximum atomic E-state index is 9.90. The second-order valence-electron chi connectivity index (χ2n) is 4.76. The number of rotatable bonds is 3. The number of halogens is 1. The molecule has 1 saturated carbocycles. The van der Waals surface area contributed by atoms with Gasteiger partial charge < -0.3 is 10.4 Å². The smallest absolute Gasteiger partial charge is 0.0693 e. The standard InChI is InChI=1S/C14H21NO.ClH/c1-11(12-7-3-2-4-8-12)15-13-9-5-6-10-14(13)16;/h2-4,7-8,11,13-16H,5-6,9-10H2,1H3;1H/t11-,13?,14+;/m1./s1. The Morgan fingerprint density at radius 2 is 1.82 bits per heavy atom. The van der Waals surface area contributed by atoms with Gasteiger partial charge in [0.2, 0.25) is 0 Å². The summed E-state index contributed by atoms with van der Waals surface area (Å²) in [7, 11) is 0. The highest BCUT2D eigenvalue weighted by molar-refractivity contribution is 5.85. The third-order valence-corrected chi connectivity index (χ3v) is 3.49. The SMILES string of the molecule is C[C@@H](NC1CCCC[C@@H]1O)c1ccccc1.Cl. The normalized spacial score (nSPS) is 26.0. The van der Waals surface area contributed by atoms with Crippen LogP contribution in [0.5, 0.6) is 0 Å². The van der Waals surface area contributed by atoms with E-state index in [0.29, 0.717) is 6.04 Å². The van der Waals surface area contributed by atoms with Crippen LogP contribution < -0.4 is 5.32 Å². The van der Waals surface area contributed by atoms with Crippen LogP contribution in [0.4, 0.5) is 0 Å². The molecule has 0 amide bonds. The summed E-state index contributed by atoms with van der Waals surface area (Å²) in [6.45, 7) is 2.16. The lowest BCUT2D eigenvalue weighted by molar-refractivity contribution is 0.0860. The van der Waals surface area contributed by atoms with E-state index in [2.05, 4.69) is 36.5 Å². The number of aliphatic hydroxyl groups excluding tert-OH is 1. The van der Waals surface area contributed by atoms with Crippen LogP contribution in [0.1, 0.15) is 44.2 Å². The van der Waals surface area contributed by atoms with Crippen molar-refractivity contribution in [2.24, 2.45) is 0 Å². The van der Waals surface area contributed by atoms with Crippen molar-refractivity contribution in [2.75, 3.05) is 0 Å². The molecule has 3 heteroatoms. The van der Waals surface area contributed by atoms with E-state index >= 15 is 0 Å². The number of nitrogens with one attached hydrogen (secondary N) is 1. The third-order valence-electron chi connectivity index (χ3n) is 3.49. The molecule has 2 N–H and O–H groups in total. The zero-order valence-electron chi connectivity index (χ0n) is 10.3. The summed E-state index contributed by atoms with van der Waals surface area (Å²) in [6, 6.07) is 11.0. The van der Waals surface area contributed by atoms with Crippen molar-refractivity contribution in [3.8, 4) is 0 Å². The summed E-state index contributed by atoms with van der Waals surface area (Å²) in [5, 5.41) is 13.4. The minimum absolute atomic E-state index is 0. The molecular formula is C14H22ClNO. The predicted octanol–water partition coefficient (Wildman–Crippen LogP) is 3.06. The van der Waals surface area contributed by atoms with E-state index in [1.807, 2.05) is 6.07 Å². The highest BCUT2D eigenvalue weighted by Crippen LogP contribution is 2.21. The van der Waals surface area contributed by atoms with E-state index in [-0.39, 0.29) is 24.6 Å². The first-order chi connectivity index (χ1) is 7.77. The fourth-order valence-corrected chi connectivity index (χ4v) is 2.46. The molecule has 2 rings (SSSR count). The van der Waals surface area contributed by atoms with E-state index in [1.165, 1.54) is 18.4 Å². The first kappa shape index (κ1) is 14.5. The molecule has 3 atom stereocenters. The number of benzene rings is 1. The van der Waals surface area contributed by atoms with Crippen molar-refractivity contribution in [1.82, 2.24) is 5.32 Å². The average molecular weight is 256 g/mol. The molecular weight excluding hydrogens is 234 g/mol. The van der Waals surface area contributed by atoms with Crippen LogP contribution >= 0.6 is 12.4 Å². The molecule has 1 aromatic carbocycles. The molecule has 0 aromatic heterocycles. The zero-order valence-corrected chi connectivity index (χ0v) is 11.1. The van der Waals surface area contributed by atoms with Crippen LogP contribution in [0.15, 0.2) is 30.3 Å². The Morgan fingerprint density at radius 1 is 1.18 bits per heavy atom. The molecule has 1 unspecified atom stereocenters. The summed E-state index contributed by atoms with van der Waals surface area (Å²) >= 11 is 0. The van der Waals surface area contributed by atoms with Crippen molar-refractivity contribution in [3.63, 3.8) is 0 Å². The molecule has 96 valence electrons. The Morgan fingerprint density at radius 3 is 2.47 bits per heavy atom. The predicted molar refractivity (Wildman–Crippen MR) is 73.5 cm³/mol. The van der Waals surface area contributed by atoms with Gasteiger partial charge >= 0.3 is 0 Å². The minimum Gasteiger partial charge on any atom is -0.392 e. The fourth-order valence-electron chi connectivity index (χ4n) is 2.46. The van der Waals surface area contributed by atoms with Crippen molar-refractivity contribution < 1.29 is 5.11 Å². The maximum Gasteiger partial charge on any atom is 0.0693 e. The molecule has 0 aliphatic heterocycles. The Bertz CT molecular complexity index is 317. The van der Waals surface area contributed by atoms with Crippen molar-refractivity contribution in [3.05, 3.63) is 35.9 Å². The summed E-state index contributed by atoms with van der Waals surface area (Å²) in [4.78, 5) is 0. The fraction of sp³-hybridized carbons (Fsp3) is 0.571.